The molecule has 0 spiro atoms. The van der Waals surface area contributed by atoms with Gasteiger partial charge in [0, 0.05) is 25.1 Å². The molecule has 0 unspecified atom stereocenters. The van der Waals surface area contributed by atoms with E-state index >= 15 is 0 Å². The number of carbonyl (C=O) groups is 1. The Balaban J connectivity index is 1.36. The number of hydrogen-bond donors (Lipinski definition) is 1. The number of nitrogens with zero attached hydrogens (tertiary/aromatic N) is 2. The van der Waals surface area contributed by atoms with Gasteiger partial charge < -0.3 is 28.8 Å². The molecule has 0 fully saturated rings. The number of aromatic nitrogens is 2. The minimum atomic E-state index is -0.213. The molecule has 1 amide bonds. The van der Waals surface area contributed by atoms with Crippen LogP contribution in [0.25, 0.3) is 11.0 Å². The molecule has 3 aromatic carbocycles. The summed E-state index contributed by atoms with van der Waals surface area (Å²) in [5.74, 6) is 2.77. The zero-order valence-corrected chi connectivity index (χ0v) is 22.6. The Morgan fingerprint density at radius 2 is 1.63 bits per heavy atom. The molecule has 0 aliphatic heterocycles. The van der Waals surface area contributed by atoms with E-state index in [-0.39, 0.29) is 5.91 Å². The van der Waals surface area contributed by atoms with Crippen molar-refractivity contribution in [3.63, 3.8) is 0 Å². The smallest absolute Gasteiger partial charge is 0.251 e. The van der Waals surface area contributed by atoms with E-state index in [1.807, 2.05) is 42.5 Å². The molecular formula is C29H32ClN3O5. The summed E-state index contributed by atoms with van der Waals surface area (Å²) >= 11 is 6.19. The van der Waals surface area contributed by atoms with Gasteiger partial charge in [0.15, 0.2) is 11.5 Å². The van der Waals surface area contributed by atoms with Gasteiger partial charge in [-0.25, -0.2) is 4.98 Å². The largest absolute Gasteiger partial charge is 0.493 e. The summed E-state index contributed by atoms with van der Waals surface area (Å²) in [5.41, 5.74) is 2.47. The number of aryl methyl sites for hydroxylation is 2. The molecule has 4 rings (SSSR count). The van der Waals surface area contributed by atoms with Crippen LogP contribution in [0.4, 0.5) is 0 Å². The number of halogens is 1. The molecule has 0 aliphatic rings. The minimum absolute atomic E-state index is 0.213. The van der Waals surface area contributed by atoms with Gasteiger partial charge in [-0.05, 0) is 49.2 Å². The first-order valence-corrected chi connectivity index (χ1v) is 12.8. The fourth-order valence-electron chi connectivity index (χ4n) is 4.29. The number of hydrogen-bond acceptors (Lipinski definition) is 6. The van der Waals surface area contributed by atoms with Crippen molar-refractivity contribution in [1.82, 2.24) is 14.9 Å². The van der Waals surface area contributed by atoms with Crippen molar-refractivity contribution in [1.29, 1.82) is 0 Å². The highest BCUT2D eigenvalue weighted by Gasteiger charge is 2.17. The molecule has 0 radical (unpaired) electrons. The van der Waals surface area contributed by atoms with Crippen molar-refractivity contribution >= 4 is 28.5 Å². The molecule has 9 heteroatoms. The second-order valence-electron chi connectivity index (χ2n) is 8.57. The molecule has 38 heavy (non-hydrogen) atoms. The fourth-order valence-corrected chi connectivity index (χ4v) is 4.49. The van der Waals surface area contributed by atoms with Crippen LogP contribution in [-0.4, -0.2) is 49.9 Å². The Hall–Kier alpha value is -3.91. The van der Waals surface area contributed by atoms with Gasteiger partial charge in [-0.1, -0.05) is 35.9 Å². The van der Waals surface area contributed by atoms with Crippen LogP contribution in [0.15, 0.2) is 60.7 Å². The number of nitrogens with one attached hydrogen (secondary N) is 1. The SMILES string of the molecule is COc1cc(C(=O)NCCCc2nc3ccccc3n2CCCOc2ccccc2Cl)cc(OC)c1OC. The number of carbonyl (C=O) groups excluding carboxylic acids is 1. The second kappa shape index (κ2) is 13.1. The molecule has 0 bridgehead atoms. The van der Waals surface area contributed by atoms with Gasteiger partial charge in [-0.2, -0.15) is 0 Å². The van der Waals surface area contributed by atoms with E-state index in [1.165, 1.54) is 21.3 Å². The first-order chi connectivity index (χ1) is 18.5. The summed E-state index contributed by atoms with van der Waals surface area (Å²) < 4.78 is 24.1. The zero-order valence-electron chi connectivity index (χ0n) is 21.8. The predicted octanol–water partition coefficient (Wildman–Crippen LogP) is 5.55. The molecule has 1 N–H and O–H groups in total. The maximum Gasteiger partial charge on any atom is 0.251 e. The topological polar surface area (TPSA) is 83.8 Å². The van der Waals surface area contributed by atoms with Gasteiger partial charge in [-0.3, -0.25) is 4.79 Å². The lowest BCUT2D eigenvalue weighted by atomic mass is 10.1. The lowest BCUT2D eigenvalue weighted by molar-refractivity contribution is 0.0952. The third kappa shape index (κ3) is 6.31. The van der Waals surface area contributed by atoms with Crippen LogP contribution in [-0.2, 0) is 13.0 Å². The number of ether oxygens (including phenoxy) is 4. The van der Waals surface area contributed by atoms with Gasteiger partial charge >= 0.3 is 0 Å². The molecule has 200 valence electrons. The molecule has 1 aromatic heterocycles. The number of fused-ring (bicyclic) bond motifs is 1. The first-order valence-electron chi connectivity index (χ1n) is 12.5. The quantitative estimate of drug-likeness (QED) is 0.225. The Morgan fingerprint density at radius 1 is 0.921 bits per heavy atom. The maximum absolute atomic E-state index is 12.8. The van der Waals surface area contributed by atoms with Crippen LogP contribution in [0.1, 0.15) is 29.0 Å². The van der Waals surface area contributed by atoms with Crippen molar-refractivity contribution < 1.29 is 23.7 Å². The maximum atomic E-state index is 12.8. The van der Waals surface area contributed by atoms with E-state index in [1.54, 1.807) is 12.1 Å². The van der Waals surface area contributed by atoms with E-state index in [4.69, 9.17) is 35.5 Å². The number of rotatable bonds is 13. The van der Waals surface area contributed by atoms with Crippen molar-refractivity contribution in [2.45, 2.75) is 25.8 Å². The normalized spacial score (nSPS) is 10.8. The summed E-state index contributed by atoms with van der Waals surface area (Å²) in [6.45, 7) is 1.80. The second-order valence-corrected chi connectivity index (χ2v) is 8.98. The van der Waals surface area contributed by atoms with E-state index in [9.17, 15) is 4.79 Å². The van der Waals surface area contributed by atoms with Crippen molar-refractivity contribution in [2.24, 2.45) is 0 Å². The number of imidazole rings is 1. The van der Waals surface area contributed by atoms with Crippen LogP contribution in [0.5, 0.6) is 23.0 Å². The van der Waals surface area contributed by atoms with Crippen LogP contribution in [0.2, 0.25) is 5.02 Å². The Labute approximate surface area is 227 Å². The molecule has 0 aliphatic carbocycles. The van der Waals surface area contributed by atoms with Crippen LogP contribution < -0.4 is 24.3 Å². The number of amides is 1. The van der Waals surface area contributed by atoms with Gasteiger partial charge in [-0.15, -0.1) is 0 Å². The molecule has 0 atom stereocenters. The van der Waals surface area contributed by atoms with E-state index in [0.717, 1.165) is 42.7 Å². The van der Waals surface area contributed by atoms with Crippen LogP contribution in [0, 0.1) is 0 Å². The van der Waals surface area contributed by atoms with E-state index in [0.29, 0.717) is 46.7 Å². The van der Waals surface area contributed by atoms with Crippen LogP contribution in [0.3, 0.4) is 0 Å². The van der Waals surface area contributed by atoms with Crippen molar-refractivity contribution in [3.05, 3.63) is 77.1 Å². The Bertz CT molecular complexity index is 1360. The highest BCUT2D eigenvalue weighted by atomic mass is 35.5. The van der Waals surface area contributed by atoms with Crippen molar-refractivity contribution in [2.75, 3.05) is 34.5 Å². The average Bonchev–Trinajstić information content (AvgIpc) is 3.30. The van der Waals surface area contributed by atoms with E-state index < -0.39 is 0 Å². The molecule has 0 saturated carbocycles. The Kier molecular flexibility index (Phi) is 9.32. The number of benzene rings is 3. The molecule has 8 nitrogen and oxygen atoms in total. The first kappa shape index (κ1) is 27.1. The molecule has 1 heterocycles. The predicted molar refractivity (Wildman–Crippen MR) is 148 cm³/mol. The monoisotopic (exact) mass is 537 g/mol. The highest BCUT2D eigenvalue weighted by Crippen LogP contribution is 2.38. The van der Waals surface area contributed by atoms with Crippen molar-refractivity contribution in [3.8, 4) is 23.0 Å². The lowest BCUT2D eigenvalue weighted by Crippen LogP contribution is -2.25. The number of para-hydroxylation sites is 3. The summed E-state index contributed by atoms with van der Waals surface area (Å²) in [5, 5.41) is 3.58. The highest BCUT2D eigenvalue weighted by molar-refractivity contribution is 6.32. The van der Waals surface area contributed by atoms with Gasteiger partial charge in [0.25, 0.3) is 5.91 Å². The summed E-state index contributed by atoms with van der Waals surface area (Å²) in [6, 6.07) is 18.8. The van der Waals surface area contributed by atoms with Gasteiger partial charge in [0.05, 0.1) is 44.0 Å². The molecule has 0 saturated heterocycles. The standard InChI is InChI=1S/C29H32ClN3O5/c1-35-25-18-20(19-26(36-2)28(25)37-3)29(34)31-15-8-14-27-32-22-11-5-6-12-23(22)33(27)16-9-17-38-24-13-7-4-10-21(24)30/h4-7,10-13,18-19H,8-9,14-17H2,1-3H3,(H,31,34). The summed E-state index contributed by atoms with van der Waals surface area (Å²) in [4.78, 5) is 17.7. The van der Waals surface area contributed by atoms with Crippen LogP contribution >= 0.6 is 11.6 Å². The summed E-state index contributed by atoms with van der Waals surface area (Å²) in [7, 11) is 4.57. The number of methoxy groups -OCH3 is 3. The third-order valence-electron chi connectivity index (χ3n) is 6.14. The zero-order chi connectivity index (χ0) is 26.9. The third-order valence-corrected chi connectivity index (χ3v) is 6.46. The molecule has 4 aromatic rings. The lowest BCUT2D eigenvalue weighted by Gasteiger charge is -2.14. The minimum Gasteiger partial charge on any atom is -0.493 e. The molecular weight excluding hydrogens is 506 g/mol. The summed E-state index contributed by atoms with van der Waals surface area (Å²) in [6.07, 6.45) is 2.25. The average molecular weight is 538 g/mol. The van der Waals surface area contributed by atoms with E-state index in [2.05, 4.69) is 16.0 Å². The Morgan fingerprint density at radius 3 is 2.34 bits per heavy atom. The van der Waals surface area contributed by atoms with Gasteiger partial charge in [0.2, 0.25) is 5.75 Å². The fraction of sp³-hybridized carbons (Fsp3) is 0.310. The van der Waals surface area contributed by atoms with Gasteiger partial charge in [0.1, 0.15) is 11.6 Å².